The minimum Gasteiger partial charge on any atom is -0.455 e. The zero-order chi connectivity index (χ0) is 14.7. The number of ether oxygens (including phenoxy) is 1. The molecule has 0 amide bonds. The van der Waals surface area contributed by atoms with Crippen molar-refractivity contribution in [1.29, 1.82) is 0 Å². The number of alkyl halides is 2. The van der Waals surface area contributed by atoms with Gasteiger partial charge in [0.05, 0.1) is 16.2 Å². The number of nitrogens with zero attached hydrogens (tertiary/aromatic N) is 1. The molecule has 0 aromatic heterocycles. The van der Waals surface area contributed by atoms with Crippen LogP contribution in [0, 0.1) is 10.1 Å². The first-order chi connectivity index (χ1) is 9.49. The van der Waals surface area contributed by atoms with Crippen molar-refractivity contribution in [2.45, 2.75) is 6.43 Å². The van der Waals surface area contributed by atoms with Crippen LogP contribution < -0.4 is 10.5 Å². The van der Waals surface area contributed by atoms with Crippen molar-refractivity contribution < 1.29 is 18.4 Å². The van der Waals surface area contributed by atoms with Gasteiger partial charge in [-0.15, -0.1) is 0 Å². The van der Waals surface area contributed by atoms with Crippen molar-refractivity contribution in [2.24, 2.45) is 0 Å². The zero-order valence-corrected chi connectivity index (χ0v) is 10.1. The molecule has 0 saturated carbocycles. The predicted molar refractivity (Wildman–Crippen MR) is 69.0 cm³/mol. The molecule has 0 saturated heterocycles. The lowest BCUT2D eigenvalue weighted by Gasteiger charge is -2.12. The molecule has 104 valence electrons. The van der Waals surface area contributed by atoms with Crippen LogP contribution >= 0.6 is 0 Å². The molecule has 5 nitrogen and oxygen atoms in total. The average molecular weight is 280 g/mol. The number of nitrogens with two attached hydrogens (primary N) is 1. The van der Waals surface area contributed by atoms with Gasteiger partial charge in [0.25, 0.3) is 12.1 Å². The highest BCUT2D eigenvalue weighted by Crippen LogP contribution is 2.36. The molecule has 20 heavy (non-hydrogen) atoms. The summed E-state index contributed by atoms with van der Waals surface area (Å²) >= 11 is 0. The molecule has 0 heterocycles. The maximum Gasteiger partial charge on any atom is 0.270 e. The number of benzene rings is 2. The average Bonchev–Trinajstić information content (AvgIpc) is 2.41. The molecular formula is C13H10F2N2O3. The molecule has 0 aliphatic heterocycles. The van der Waals surface area contributed by atoms with Gasteiger partial charge in [0.1, 0.15) is 11.5 Å². The molecule has 0 aliphatic rings. The van der Waals surface area contributed by atoms with E-state index in [2.05, 4.69) is 0 Å². The number of nitro benzene ring substituents is 1. The topological polar surface area (TPSA) is 78.4 Å². The highest BCUT2D eigenvalue weighted by Gasteiger charge is 2.19. The molecule has 2 N–H and O–H groups in total. The molecule has 0 fully saturated rings. The molecule has 2 rings (SSSR count). The Balaban J connectivity index is 2.41. The van der Waals surface area contributed by atoms with Gasteiger partial charge in [-0.2, -0.15) is 0 Å². The van der Waals surface area contributed by atoms with Crippen LogP contribution in [0.15, 0.2) is 42.5 Å². The molecule has 2 aromatic rings. The maximum absolute atomic E-state index is 12.9. The van der Waals surface area contributed by atoms with E-state index in [9.17, 15) is 18.9 Å². The Morgan fingerprint density at radius 2 is 1.85 bits per heavy atom. The Morgan fingerprint density at radius 1 is 1.15 bits per heavy atom. The lowest BCUT2D eigenvalue weighted by molar-refractivity contribution is -0.385. The number of hydrogen-bond acceptors (Lipinski definition) is 4. The summed E-state index contributed by atoms with van der Waals surface area (Å²) in [5.41, 5.74) is 4.96. The smallest absolute Gasteiger partial charge is 0.270 e. The Morgan fingerprint density at radius 3 is 2.45 bits per heavy atom. The van der Waals surface area contributed by atoms with Crippen molar-refractivity contribution in [3.63, 3.8) is 0 Å². The third-order valence-corrected chi connectivity index (χ3v) is 2.58. The summed E-state index contributed by atoms with van der Waals surface area (Å²) in [7, 11) is 0. The summed E-state index contributed by atoms with van der Waals surface area (Å²) in [5.74, 6) is 0.0479. The second-order valence-corrected chi connectivity index (χ2v) is 3.92. The Kier molecular flexibility index (Phi) is 3.79. The molecule has 0 atom stereocenters. The Bertz CT molecular complexity index is 647. The highest BCUT2D eigenvalue weighted by molar-refractivity contribution is 5.55. The number of rotatable bonds is 4. The first-order valence-electron chi connectivity index (χ1n) is 5.58. The van der Waals surface area contributed by atoms with Crippen molar-refractivity contribution in [1.82, 2.24) is 0 Å². The van der Waals surface area contributed by atoms with Crippen molar-refractivity contribution in [3.8, 4) is 11.5 Å². The van der Waals surface area contributed by atoms with Gasteiger partial charge in [0.2, 0.25) is 0 Å². The van der Waals surface area contributed by atoms with Crippen LogP contribution in [0.4, 0.5) is 20.2 Å². The van der Waals surface area contributed by atoms with E-state index in [1.807, 2.05) is 0 Å². The Hall–Kier alpha value is -2.70. The Labute approximate surface area is 112 Å². The van der Waals surface area contributed by atoms with Crippen LogP contribution in [-0.2, 0) is 0 Å². The fourth-order valence-corrected chi connectivity index (χ4v) is 1.60. The fraction of sp³-hybridized carbons (Fsp3) is 0.0769. The summed E-state index contributed by atoms with van der Waals surface area (Å²) in [6.45, 7) is 0. The molecule has 0 spiro atoms. The van der Waals surface area contributed by atoms with Gasteiger partial charge in [0.15, 0.2) is 0 Å². The number of nitro groups is 1. The molecule has 2 aromatic carbocycles. The second-order valence-electron chi connectivity index (χ2n) is 3.92. The van der Waals surface area contributed by atoms with E-state index in [1.54, 1.807) is 18.2 Å². The molecular weight excluding hydrogens is 270 g/mol. The van der Waals surface area contributed by atoms with Gasteiger partial charge in [0, 0.05) is 12.1 Å². The van der Waals surface area contributed by atoms with Crippen LogP contribution in [0.1, 0.15) is 12.0 Å². The van der Waals surface area contributed by atoms with Crippen LogP contribution in [-0.4, -0.2) is 4.92 Å². The summed E-state index contributed by atoms with van der Waals surface area (Å²) < 4.78 is 31.2. The number of non-ortho nitro benzene ring substituents is 1. The number of para-hydroxylation sites is 2. The van der Waals surface area contributed by atoms with E-state index in [0.29, 0.717) is 0 Å². The van der Waals surface area contributed by atoms with E-state index in [1.165, 1.54) is 6.07 Å². The monoisotopic (exact) mass is 280 g/mol. The van der Waals surface area contributed by atoms with E-state index in [-0.39, 0.29) is 17.2 Å². The summed E-state index contributed by atoms with van der Waals surface area (Å²) in [5, 5.41) is 10.6. The zero-order valence-electron chi connectivity index (χ0n) is 10.1. The summed E-state index contributed by atoms with van der Waals surface area (Å²) in [6.07, 6.45) is -2.89. The predicted octanol–water partition coefficient (Wildman–Crippen LogP) is 3.91. The lowest BCUT2D eigenvalue weighted by Crippen LogP contribution is -1.97. The largest absolute Gasteiger partial charge is 0.455 e. The molecule has 7 heteroatoms. The summed E-state index contributed by atoms with van der Waals surface area (Å²) in [4.78, 5) is 9.86. The van der Waals surface area contributed by atoms with Crippen LogP contribution in [0.5, 0.6) is 11.5 Å². The lowest BCUT2D eigenvalue weighted by atomic mass is 10.2. The van der Waals surface area contributed by atoms with E-state index in [4.69, 9.17) is 10.5 Å². The molecule has 0 bridgehead atoms. The minimum atomic E-state index is -2.89. The number of hydrogen-bond donors (Lipinski definition) is 1. The van der Waals surface area contributed by atoms with Crippen molar-refractivity contribution >= 4 is 11.4 Å². The standard InChI is InChI=1S/C13H10F2N2O3/c14-13(15)9-7-8(17(18)19)5-6-11(9)20-12-4-2-1-3-10(12)16/h1-7,13H,16H2. The van der Waals surface area contributed by atoms with Gasteiger partial charge in [-0.05, 0) is 18.2 Å². The van der Waals surface area contributed by atoms with Gasteiger partial charge < -0.3 is 10.5 Å². The van der Waals surface area contributed by atoms with Gasteiger partial charge in [-0.25, -0.2) is 8.78 Å². The molecule has 0 unspecified atom stereocenters. The third kappa shape index (κ3) is 2.82. The maximum atomic E-state index is 12.9. The highest BCUT2D eigenvalue weighted by atomic mass is 19.3. The molecule has 0 radical (unpaired) electrons. The van der Waals surface area contributed by atoms with E-state index < -0.39 is 22.6 Å². The van der Waals surface area contributed by atoms with Crippen molar-refractivity contribution in [2.75, 3.05) is 5.73 Å². The molecule has 0 aliphatic carbocycles. The van der Waals surface area contributed by atoms with Crippen molar-refractivity contribution in [3.05, 3.63) is 58.1 Å². The van der Waals surface area contributed by atoms with Crippen LogP contribution in [0.25, 0.3) is 0 Å². The number of halogens is 2. The second kappa shape index (κ2) is 5.52. The minimum absolute atomic E-state index is 0.163. The van der Waals surface area contributed by atoms with Gasteiger partial charge >= 0.3 is 0 Å². The van der Waals surface area contributed by atoms with Gasteiger partial charge in [-0.1, -0.05) is 12.1 Å². The first-order valence-corrected chi connectivity index (χ1v) is 5.58. The van der Waals surface area contributed by atoms with Crippen LogP contribution in [0.3, 0.4) is 0 Å². The van der Waals surface area contributed by atoms with E-state index >= 15 is 0 Å². The van der Waals surface area contributed by atoms with Crippen LogP contribution in [0.2, 0.25) is 0 Å². The van der Waals surface area contributed by atoms with Gasteiger partial charge in [-0.3, -0.25) is 10.1 Å². The van der Waals surface area contributed by atoms with E-state index in [0.717, 1.165) is 18.2 Å². The quantitative estimate of drug-likeness (QED) is 0.523. The third-order valence-electron chi connectivity index (χ3n) is 2.58. The first kappa shape index (κ1) is 13.7. The SMILES string of the molecule is Nc1ccccc1Oc1ccc([N+](=O)[O-])cc1C(F)F. The normalized spacial score (nSPS) is 10.6. The fourth-order valence-electron chi connectivity index (χ4n) is 1.60. The number of nitrogen functional groups attached to an aromatic ring is 1. The number of anilines is 1. The summed E-state index contributed by atoms with van der Waals surface area (Å²) in [6, 6.07) is 9.41.